The second kappa shape index (κ2) is 7.31. The molecule has 0 amide bonds. The van der Waals surface area contributed by atoms with Crippen LogP contribution in [0, 0.1) is 0 Å². The molecule has 0 radical (unpaired) electrons. The first-order valence-electron chi connectivity index (χ1n) is 6.76. The van der Waals surface area contributed by atoms with E-state index in [1.54, 1.807) is 11.3 Å². The molecule has 3 nitrogen and oxygen atoms in total. The number of nitrogens with two attached hydrogens (primary N) is 1. The van der Waals surface area contributed by atoms with E-state index in [2.05, 4.69) is 57.9 Å². The molecule has 5 heteroatoms. The van der Waals surface area contributed by atoms with Gasteiger partial charge in [0, 0.05) is 23.7 Å². The Morgan fingerprint density at radius 2 is 2.15 bits per heavy atom. The molecule has 2 N–H and O–H groups in total. The Bertz CT molecular complexity index is 527. The second-order valence-corrected chi connectivity index (χ2v) is 7.32. The molecule has 0 bridgehead atoms. The third-order valence-corrected chi connectivity index (χ3v) is 4.97. The molecule has 0 aliphatic heterocycles. The molecule has 20 heavy (non-hydrogen) atoms. The van der Waals surface area contributed by atoms with Crippen molar-refractivity contribution in [3.63, 3.8) is 0 Å². The number of hydrogen-bond acceptors (Lipinski definition) is 4. The van der Waals surface area contributed by atoms with Crippen molar-refractivity contribution < 1.29 is 0 Å². The minimum absolute atomic E-state index is 0.0733. The number of rotatable bonds is 6. The Morgan fingerprint density at radius 3 is 2.65 bits per heavy atom. The van der Waals surface area contributed by atoms with Crippen LogP contribution >= 0.6 is 27.3 Å². The molecule has 2 atom stereocenters. The molecule has 2 rings (SSSR count). The zero-order chi connectivity index (χ0) is 14.5. The Labute approximate surface area is 133 Å². The number of aromatic nitrogens is 1. The molecule has 2 aromatic rings. The number of likely N-dealkylation sites (N-methyl/N-ethyl adjacent to an activating group) is 1. The maximum Gasteiger partial charge on any atom is 0.0702 e. The molecule has 0 spiro atoms. The summed E-state index contributed by atoms with van der Waals surface area (Å²) in [5.41, 5.74) is 7.32. The highest BCUT2D eigenvalue weighted by Crippen LogP contribution is 2.33. The lowest BCUT2D eigenvalue weighted by Crippen LogP contribution is -2.38. The highest BCUT2D eigenvalue weighted by molar-refractivity contribution is 9.11. The topological polar surface area (TPSA) is 42.2 Å². The number of nitrogens with zero attached hydrogens (tertiary/aromatic N) is 2. The summed E-state index contributed by atoms with van der Waals surface area (Å²) < 4.78 is 1.15. The van der Waals surface area contributed by atoms with Crippen LogP contribution in [0.2, 0.25) is 0 Å². The monoisotopic (exact) mass is 353 g/mol. The molecule has 2 unspecified atom stereocenters. The molecule has 0 aromatic carbocycles. The molecule has 0 fully saturated rings. The van der Waals surface area contributed by atoms with Gasteiger partial charge in [0.05, 0.1) is 15.5 Å². The van der Waals surface area contributed by atoms with E-state index >= 15 is 0 Å². The van der Waals surface area contributed by atoms with Crippen LogP contribution in [0.4, 0.5) is 0 Å². The maximum atomic E-state index is 6.24. The van der Waals surface area contributed by atoms with Crippen LogP contribution < -0.4 is 5.73 Å². The summed E-state index contributed by atoms with van der Waals surface area (Å²) in [5.74, 6) is 0. The molecule has 2 aromatic heterocycles. The van der Waals surface area contributed by atoms with Crippen molar-refractivity contribution in [1.29, 1.82) is 0 Å². The lowest BCUT2D eigenvalue weighted by Gasteiger charge is -2.32. The minimum Gasteiger partial charge on any atom is -0.326 e. The molecule has 2 heterocycles. The first kappa shape index (κ1) is 15.6. The van der Waals surface area contributed by atoms with Gasteiger partial charge in [-0.2, -0.15) is 0 Å². The maximum absolute atomic E-state index is 6.24. The average Bonchev–Trinajstić information content (AvgIpc) is 2.85. The van der Waals surface area contributed by atoms with E-state index in [9.17, 15) is 0 Å². The first-order chi connectivity index (χ1) is 9.61. The van der Waals surface area contributed by atoms with E-state index in [1.807, 2.05) is 18.3 Å². The van der Waals surface area contributed by atoms with E-state index in [4.69, 9.17) is 5.73 Å². The van der Waals surface area contributed by atoms with Gasteiger partial charge in [-0.15, -0.1) is 11.3 Å². The van der Waals surface area contributed by atoms with Gasteiger partial charge in [0.25, 0.3) is 0 Å². The van der Waals surface area contributed by atoms with Gasteiger partial charge in [-0.25, -0.2) is 0 Å². The summed E-state index contributed by atoms with van der Waals surface area (Å²) in [6.07, 6.45) is 1.84. The van der Waals surface area contributed by atoms with Crippen LogP contribution in [0.1, 0.15) is 30.5 Å². The fraction of sp³-hybridized carbons (Fsp3) is 0.400. The highest BCUT2D eigenvalue weighted by atomic mass is 79.9. The second-order valence-electron chi connectivity index (χ2n) is 4.83. The third kappa shape index (κ3) is 3.88. The zero-order valence-corrected chi connectivity index (χ0v) is 14.2. The van der Waals surface area contributed by atoms with Gasteiger partial charge in [0.1, 0.15) is 0 Å². The van der Waals surface area contributed by atoms with E-state index < -0.39 is 0 Å². The van der Waals surface area contributed by atoms with Crippen molar-refractivity contribution in [3.05, 3.63) is 50.9 Å². The largest absolute Gasteiger partial charge is 0.326 e. The smallest absolute Gasteiger partial charge is 0.0702 e. The molecule has 0 saturated carbocycles. The van der Waals surface area contributed by atoms with Gasteiger partial charge in [-0.1, -0.05) is 13.0 Å². The van der Waals surface area contributed by atoms with Gasteiger partial charge < -0.3 is 5.73 Å². The number of hydrogen-bond donors (Lipinski definition) is 1. The van der Waals surface area contributed by atoms with Crippen molar-refractivity contribution in [1.82, 2.24) is 9.88 Å². The van der Waals surface area contributed by atoms with Gasteiger partial charge in [0.2, 0.25) is 0 Å². The standard InChI is InChI=1S/C15H20BrN3S/c1-3-19(10-12-6-4-5-9-18-12)15(11(2)17)13-7-8-14(16)20-13/h4-9,11,15H,3,10,17H2,1-2H3. The first-order valence-corrected chi connectivity index (χ1v) is 8.37. The van der Waals surface area contributed by atoms with Crippen molar-refractivity contribution in [2.75, 3.05) is 6.54 Å². The van der Waals surface area contributed by atoms with Crippen molar-refractivity contribution >= 4 is 27.3 Å². The number of pyridine rings is 1. The summed E-state index contributed by atoms with van der Waals surface area (Å²) in [7, 11) is 0. The highest BCUT2D eigenvalue weighted by Gasteiger charge is 2.24. The van der Waals surface area contributed by atoms with Crippen LogP contribution in [0.15, 0.2) is 40.3 Å². The number of thiophene rings is 1. The summed E-state index contributed by atoms with van der Waals surface area (Å²) >= 11 is 5.29. The minimum atomic E-state index is 0.0733. The van der Waals surface area contributed by atoms with Crippen molar-refractivity contribution in [3.8, 4) is 0 Å². The quantitative estimate of drug-likeness (QED) is 0.858. The lowest BCUT2D eigenvalue weighted by atomic mass is 10.1. The summed E-state index contributed by atoms with van der Waals surface area (Å²) in [6.45, 7) is 6.00. The van der Waals surface area contributed by atoms with Crippen molar-refractivity contribution in [2.45, 2.75) is 32.5 Å². The number of halogens is 1. The summed E-state index contributed by atoms with van der Waals surface area (Å²) in [5, 5.41) is 0. The normalized spacial score (nSPS) is 14.4. The predicted octanol–water partition coefficient (Wildman–Crippen LogP) is 3.82. The molecular weight excluding hydrogens is 334 g/mol. The molecule has 0 aliphatic rings. The van der Waals surface area contributed by atoms with E-state index in [1.165, 1.54) is 4.88 Å². The molecular formula is C15H20BrN3S. The van der Waals surface area contributed by atoms with Gasteiger partial charge >= 0.3 is 0 Å². The van der Waals surface area contributed by atoms with Crippen LogP contribution in [0.25, 0.3) is 0 Å². The van der Waals surface area contributed by atoms with E-state index in [0.717, 1.165) is 22.6 Å². The fourth-order valence-corrected chi connectivity index (χ4v) is 4.04. The predicted molar refractivity (Wildman–Crippen MR) is 88.7 cm³/mol. The van der Waals surface area contributed by atoms with Crippen LogP contribution in [-0.2, 0) is 6.54 Å². The SMILES string of the molecule is CCN(Cc1ccccn1)C(c1ccc(Br)s1)C(C)N. The fourth-order valence-electron chi connectivity index (χ4n) is 2.37. The Morgan fingerprint density at radius 1 is 1.35 bits per heavy atom. The lowest BCUT2D eigenvalue weighted by molar-refractivity contribution is 0.178. The van der Waals surface area contributed by atoms with Crippen LogP contribution in [-0.4, -0.2) is 22.5 Å². The van der Waals surface area contributed by atoms with Crippen LogP contribution in [0.3, 0.4) is 0 Å². The van der Waals surface area contributed by atoms with Gasteiger partial charge in [0.15, 0.2) is 0 Å². The van der Waals surface area contributed by atoms with Crippen molar-refractivity contribution in [2.24, 2.45) is 5.73 Å². The molecule has 0 aliphatic carbocycles. The van der Waals surface area contributed by atoms with Gasteiger partial charge in [-0.05, 0) is 53.7 Å². The van der Waals surface area contributed by atoms with Crippen LogP contribution in [0.5, 0.6) is 0 Å². The summed E-state index contributed by atoms with van der Waals surface area (Å²) in [6, 6.07) is 10.6. The summed E-state index contributed by atoms with van der Waals surface area (Å²) in [4.78, 5) is 8.09. The third-order valence-electron chi connectivity index (χ3n) is 3.27. The Kier molecular flexibility index (Phi) is 5.72. The Hall–Kier alpha value is -0.750. The molecule has 0 saturated heterocycles. The van der Waals surface area contributed by atoms with E-state index in [0.29, 0.717) is 0 Å². The molecule has 108 valence electrons. The Balaban J connectivity index is 2.22. The zero-order valence-electron chi connectivity index (χ0n) is 11.8. The average molecular weight is 354 g/mol. The van der Waals surface area contributed by atoms with Gasteiger partial charge in [-0.3, -0.25) is 9.88 Å². The van der Waals surface area contributed by atoms with E-state index in [-0.39, 0.29) is 12.1 Å².